The number of ether oxygens (including phenoxy) is 3. The molecule has 0 radical (unpaired) electrons. The van der Waals surface area contributed by atoms with Crippen LogP contribution in [-0.2, 0) is 16.7 Å². The zero-order chi connectivity index (χ0) is 14.0. The summed E-state index contributed by atoms with van der Waals surface area (Å²) in [5, 5.41) is 0. The fraction of sp³-hybridized carbons (Fsp3) is 0.529. The van der Waals surface area contributed by atoms with Crippen LogP contribution < -0.4 is 9.47 Å². The van der Waals surface area contributed by atoms with Gasteiger partial charge in [-0.3, -0.25) is 4.90 Å². The molecular weight excluding hydrogens is 266 g/mol. The summed E-state index contributed by atoms with van der Waals surface area (Å²) in [7, 11) is 1.80. The average Bonchev–Trinajstić information content (AvgIpc) is 3.07. The second-order valence-electron chi connectivity index (χ2n) is 6.51. The van der Waals surface area contributed by atoms with Crippen LogP contribution in [0.3, 0.4) is 0 Å². The number of fused-ring (bicyclic) bond motifs is 2. The summed E-state index contributed by atoms with van der Waals surface area (Å²) in [6.45, 7) is 2.52. The lowest BCUT2D eigenvalue weighted by Crippen LogP contribution is -2.49. The number of hydrogen-bond donors (Lipinski definition) is 0. The first-order valence-electron chi connectivity index (χ1n) is 7.69. The summed E-state index contributed by atoms with van der Waals surface area (Å²) in [6.07, 6.45) is 7.17. The van der Waals surface area contributed by atoms with Crippen molar-refractivity contribution in [3.63, 3.8) is 0 Å². The van der Waals surface area contributed by atoms with E-state index in [1.165, 1.54) is 17.5 Å². The van der Waals surface area contributed by atoms with Crippen LogP contribution in [0.1, 0.15) is 24.0 Å². The molecule has 0 saturated carbocycles. The molecule has 0 spiro atoms. The van der Waals surface area contributed by atoms with Crippen LogP contribution in [0, 0.1) is 0 Å². The highest BCUT2D eigenvalue weighted by Crippen LogP contribution is 2.53. The van der Waals surface area contributed by atoms with Gasteiger partial charge >= 0.3 is 0 Å². The molecule has 1 aliphatic carbocycles. The Morgan fingerprint density at radius 2 is 2.14 bits per heavy atom. The predicted molar refractivity (Wildman–Crippen MR) is 77.6 cm³/mol. The van der Waals surface area contributed by atoms with Gasteiger partial charge in [-0.25, -0.2) is 0 Å². The first-order valence-corrected chi connectivity index (χ1v) is 7.69. The summed E-state index contributed by atoms with van der Waals surface area (Å²) < 4.78 is 16.7. The second-order valence-corrected chi connectivity index (χ2v) is 6.51. The van der Waals surface area contributed by atoms with Crippen LogP contribution in [0.25, 0.3) is 0 Å². The maximum atomic E-state index is 5.61. The molecule has 110 valence electrons. The van der Waals surface area contributed by atoms with Crippen molar-refractivity contribution >= 4 is 0 Å². The van der Waals surface area contributed by atoms with Crippen LogP contribution in [0.2, 0.25) is 0 Å². The van der Waals surface area contributed by atoms with Crippen LogP contribution >= 0.6 is 0 Å². The van der Waals surface area contributed by atoms with Crippen LogP contribution in [-0.4, -0.2) is 37.5 Å². The minimum absolute atomic E-state index is 0.142. The van der Waals surface area contributed by atoms with Crippen molar-refractivity contribution in [3.8, 4) is 11.5 Å². The van der Waals surface area contributed by atoms with Gasteiger partial charge in [-0.05, 0) is 36.1 Å². The van der Waals surface area contributed by atoms with Crippen molar-refractivity contribution in [2.45, 2.75) is 36.9 Å². The largest absolute Gasteiger partial charge is 0.454 e. The summed E-state index contributed by atoms with van der Waals surface area (Å²) in [5.41, 5.74) is 2.98. The van der Waals surface area contributed by atoms with Gasteiger partial charge in [0.05, 0.1) is 6.10 Å². The van der Waals surface area contributed by atoms with E-state index >= 15 is 0 Å². The minimum atomic E-state index is 0.142. The standard InChI is InChI=1S/C17H19NO3/c1-19-12-2-3-17-4-5-18(16(17)7-12)9-11-6-14-15(8-13(11)17)21-10-20-14/h2-3,6,8,12,16H,4-5,7,9-10H2,1H3/t12-,16-,17-/m0/s1. The summed E-state index contributed by atoms with van der Waals surface area (Å²) in [6, 6.07) is 4.97. The van der Waals surface area contributed by atoms with E-state index in [0.29, 0.717) is 12.8 Å². The van der Waals surface area contributed by atoms with E-state index in [9.17, 15) is 0 Å². The van der Waals surface area contributed by atoms with E-state index in [1.54, 1.807) is 7.11 Å². The van der Waals surface area contributed by atoms with E-state index in [2.05, 4.69) is 29.2 Å². The molecule has 4 nitrogen and oxygen atoms in total. The molecule has 1 aromatic rings. The Morgan fingerprint density at radius 3 is 3.00 bits per heavy atom. The third-order valence-electron chi connectivity index (χ3n) is 5.69. The van der Waals surface area contributed by atoms with Crippen molar-refractivity contribution in [1.82, 2.24) is 4.90 Å². The lowest BCUT2D eigenvalue weighted by atomic mass is 9.66. The fourth-order valence-electron chi connectivity index (χ4n) is 4.64. The fourth-order valence-corrected chi connectivity index (χ4v) is 4.64. The smallest absolute Gasteiger partial charge is 0.231 e. The Balaban J connectivity index is 1.69. The molecular formula is C17H19NO3. The molecule has 0 amide bonds. The van der Waals surface area contributed by atoms with E-state index in [0.717, 1.165) is 31.0 Å². The highest BCUT2D eigenvalue weighted by molar-refractivity contribution is 5.55. The van der Waals surface area contributed by atoms with Gasteiger partial charge < -0.3 is 14.2 Å². The number of benzene rings is 1. The van der Waals surface area contributed by atoms with Crippen LogP contribution in [0.5, 0.6) is 11.5 Å². The van der Waals surface area contributed by atoms with Gasteiger partial charge in [-0.2, -0.15) is 0 Å². The van der Waals surface area contributed by atoms with Gasteiger partial charge in [0.1, 0.15) is 0 Å². The molecule has 21 heavy (non-hydrogen) atoms. The number of hydrogen-bond acceptors (Lipinski definition) is 4. The van der Waals surface area contributed by atoms with Crippen molar-refractivity contribution < 1.29 is 14.2 Å². The highest BCUT2D eigenvalue weighted by Gasteiger charge is 2.53. The molecule has 4 aliphatic rings. The summed E-state index contributed by atoms with van der Waals surface area (Å²) in [5.74, 6) is 1.81. The maximum Gasteiger partial charge on any atom is 0.231 e. The summed E-state index contributed by atoms with van der Waals surface area (Å²) >= 11 is 0. The van der Waals surface area contributed by atoms with Crippen molar-refractivity contribution in [2.75, 3.05) is 20.4 Å². The molecule has 0 aromatic heterocycles. The first-order chi connectivity index (χ1) is 10.3. The number of methoxy groups -OCH3 is 1. The van der Waals surface area contributed by atoms with E-state index in [4.69, 9.17) is 14.2 Å². The van der Waals surface area contributed by atoms with Gasteiger partial charge in [0, 0.05) is 31.7 Å². The normalized spacial score (nSPS) is 38.2. The van der Waals surface area contributed by atoms with E-state index in [1.807, 2.05) is 0 Å². The van der Waals surface area contributed by atoms with Gasteiger partial charge in [0.25, 0.3) is 0 Å². The zero-order valence-electron chi connectivity index (χ0n) is 12.2. The molecule has 1 unspecified atom stereocenters. The molecule has 3 aliphatic heterocycles. The third kappa shape index (κ3) is 1.47. The topological polar surface area (TPSA) is 30.9 Å². The maximum absolute atomic E-state index is 5.61. The number of rotatable bonds is 1. The lowest BCUT2D eigenvalue weighted by molar-refractivity contribution is 0.0750. The molecule has 0 N–H and O–H groups in total. The highest BCUT2D eigenvalue weighted by atomic mass is 16.7. The third-order valence-corrected chi connectivity index (χ3v) is 5.69. The molecule has 1 aromatic carbocycles. The molecule has 1 saturated heterocycles. The zero-order valence-corrected chi connectivity index (χ0v) is 12.2. The second kappa shape index (κ2) is 4.02. The Morgan fingerprint density at radius 1 is 1.29 bits per heavy atom. The quantitative estimate of drug-likeness (QED) is 0.740. The van der Waals surface area contributed by atoms with Gasteiger partial charge in [-0.15, -0.1) is 0 Å². The molecule has 1 fully saturated rings. The molecule has 3 heterocycles. The minimum Gasteiger partial charge on any atom is -0.454 e. The van der Waals surface area contributed by atoms with Crippen LogP contribution in [0.4, 0.5) is 0 Å². The Labute approximate surface area is 124 Å². The number of nitrogens with zero attached hydrogens (tertiary/aromatic N) is 1. The van der Waals surface area contributed by atoms with Crippen molar-refractivity contribution in [2.24, 2.45) is 0 Å². The van der Waals surface area contributed by atoms with Crippen molar-refractivity contribution in [1.29, 1.82) is 0 Å². The molecule has 2 bridgehead atoms. The van der Waals surface area contributed by atoms with Gasteiger partial charge in [-0.1, -0.05) is 12.2 Å². The van der Waals surface area contributed by atoms with E-state index < -0.39 is 0 Å². The Bertz CT molecular complexity index is 641. The molecule has 5 rings (SSSR count). The Hall–Kier alpha value is -1.52. The van der Waals surface area contributed by atoms with Crippen molar-refractivity contribution in [3.05, 3.63) is 35.4 Å². The Kier molecular flexibility index (Phi) is 2.31. The lowest BCUT2D eigenvalue weighted by Gasteiger charge is -2.45. The monoisotopic (exact) mass is 285 g/mol. The predicted octanol–water partition coefficient (Wildman–Crippen LogP) is 2.22. The molecule has 4 heteroatoms. The van der Waals surface area contributed by atoms with Gasteiger partial charge in [0.2, 0.25) is 6.79 Å². The molecule has 4 atom stereocenters. The van der Waals surface area contributed by atoms with Crippen LogP contribution in [0.15, 0.2) is 24.3 Å². The summed E-state index contributed by atoms with van der Waals surface area (Å²) in [4.78, 5) is 2.61. The van der Waals surface area contributed by atoms with Gasteiger partial charge in [0.15, 0.2) is 11.5 Å². The first kappa shape index (κ1) is 12.1. The SMILES string of the molecule is CO[C@H]1C=C[C@]23CCN(Cc4cc5c(cc42)OCO5)[C@H]3C1. The van der Waals surface area contributed by atoms with E-state index in [-0.39, 0.29) is 11.5 Å². The average molecular weight is 285 g/mol.